The second-order valence-corrected chi connectivity index (χ2v) is 3.84. The van der Waals surface area contributed by atoms with Gasteiger partial charge in [0.05, 0.1) is 0 Å². The molecule has 0 saturated carbocycles. The molecule has 0 spiro atoms. The molecule has 0 aromatic carbocycles. The molecule has 0 radical (unpaired) electrons. The highest BCUT2D eigenvalue weighted by Gasteiger charge is 2.12. The van der Waals surface area contributed by atoms with Crippen LogP contribution in [-0.4, -0.2) is 22.9 Å². The molecule has 4 heteroatoms. The molecular weight excluding hydrogens is 188 g/mol. The number of aryl methyl sites for hydroxylation is 1. The third-order valence-corrected chi connectivity index (χ3v) is 2.39. The Hall–Kier alpha value is -1.03. The van der Waals surface area contributed by atoms with E-state index in [-0.39, 0.29) is 0 Å². The van der Waals surface area contributed by atoms with E-state index in [1.54, 1.807) is 0 Å². The van der Waals surface area contributed by atoms with Gasteiger partial charge < -0.3 is 10.6 Å². The van der Waals surface area contributed by atoms with Gasteiger partial charge in [-0.15, -0.1) is 0 Å². The zero-order valence-corrected chi connectivity index (χ0v) is 10.0. The second kappa shape index (κ2) is 5.75. The molecule has 0 saturated heterocycles. The van der Waals surface area contributed by atoms with Gasteiger partial charge in [-0.1, -0.05) is 13.8 Å². The predicted octanol–water partition coefficient (Wildman–Crippen LogP) is 1.51. The lowest BCUT2D eigenvalue weighted by Gasteiger charge is -2.22. The molecule has 0 aliphatic carbocycles. The molecule has 1 heterocycles. The molecular formula is C11H22N4. The van der Waals surface area contributed by atoms with E-state index in [1.807, 2.05) is 17.9 Å². The summed E-state index contributed by atoms with van der Waals surface area (Å²) in [6.07, 6.45) is 4.29. The monoisotopic (exact) mass is 210 g/mol. The van der Waals surface area contributed by atoms with Gasteiger partial charge in [0.25, 0.3) is 0 Å². The summed E-state index contributed by atoms with van der Waals surface area (Å²) in [5.74, 6) is 1.06. The molecule has 1 aromatic rings. The zero-order valence-electron chi connectivity index (χ0n) is 10.0. The Morgan fingerprint density at radius 1 is 1.33 bits per heavy atom. The minimum absolute atomic E-state index is 0.563. The van der Waals surface area contributed by atoms with Gasteiger partial charge in [0.1, 0.15) is 0 Å². The van der Waals surface area contributed by atoms with Crippen molar-refractivity contribution in [1.29, 1.82) is 0 Å². The SMILES string of the molecule is CCCN(CCC)c1nn(C)cc1CN. The summed E-state index contributed by atoms with van der Waals surface area (Å²) in [5.41, 5.74) is 6.85. The van der Waals surface area contributed by atoms with Crippen LogP contribution in [0.3, 0.4) is 0 Å². The lowest BCUT2D eigenvalue weighted by atomic mass is 10.3. The topological polar surface area (TPSA) is 47.1 Å². The molecule has 0 bridgehead atoms. The Morgan fingerprint density at radius 2 is 1.93 bits per heavy atom. The smallest absolute Gasteiger partial charge is 0.155 e. The third kappa shape index (κ3) is 2.96. The first-order valence-corrected chi connectivity index (χ1v) is 5.70. The Labute approximate surface area is 92.1 Å². The highest BCUT2D eigenvalue weighted by molar-refractivity contribution is 5.45. The fourth-order valence-electron chi connectivity index (χ4n) is 1.80. The third-order valence-electron chi connectivity index (χ3n) is 2.39. The Kier molecular flexibility index (Phi) is 4.62. The highest BCUT2D eigenvalue weighted by atomic mass is 15.3. The first-order valence-electron chi connectivity index (χ1n) is 5.70. The molecule has 1 aromatic heterocycles. The molecule has 0 amide bonds. The molecule has 2 N–H and O–H groups in total. The van der Waals surface area contributed by atoms with E-state index in [2.05, 4.69) is 23.8 Å². The maximum absolute atomic E-state index is 5.71. The second-order valence-electron chi connectivity index (χ2n) is 3.84. The quantitative estimate of drug-likeness (QED) is 0.774. The van der Waals surface area contributed by atoms with Crippen LogP contribution in [0.15, 0.2) is 6.20 Å². The summed E-state index contributed by atoms with van der Waals surface area (Å²) in [4.78, 5) is 2.32. The van der Waals surface area contributed by atoms with Crippen LogP contribution in [0, 0.1) is 0 Å². The number of nitrogens with two attached hydrogens (primary N) is 1. The van der Waals surface area contributed by atoms with Crippen molar-refractivity contribution in [2.45, 2.75) is 33.2 Å². The first kappa shape index (κ1) is 12.0. The van der Waals surface area contributed by atoms with Crippen molar-refractivity contribution in [3.8, 4) is 0 Å². The van der Waals surface area contributed by atoms with E-state index >= 15 is 0 Å². The van der Waals surface area contributed by atoms with Crippen LogP contribution in [0.4, 0.5) is 5.82 Å². The first-order chi connectivity index (χ1) is 7.22. The number of hydrogen-bond acceptors (Lipinski definition) is 3. The van der Waals surface area contributed by atoms with Crippen molar-refractivity contribution in [1.82, 2.24) is 9.78 Å². The van der Waals surface area contributed by atoms with Gasteiger partial charge in [-0.3, -0.25) is 4.68 Å². The lowest BCUT2D eigenvalue weighted by molar-refractivity contribution is 0.703. The van der Waals surface area contributed by atoms with E-state index in [1.165, 1.54) is 0 Å². The van der Waals surface area contributed by atoms with Crippen LogP contribution >= 0.6 is 0 Å². The number of nitrogens with zero attached hydrogens (tertiary/aromatic N) is 3. The highest BCUT2D eigenvalue weighted by Crippen LogP contribution is 2.18. The van der Waals surface area contributed by atoms with Crippen LogP contribution < -0.4 is 10.6 Å². The maximum Gasteiger partial charge on any atom is 0.155 e. The summed E-state index contributed by atoms with van der Waals surface area (Å²) >= 11 is 0. The molecule has 0 aliphatic rings. The Bertz CT molecular complexity index is 287. The predicted molar refractivity (Wildman–Crippen MR) is 63.9 cm³/mol. The molecule has 4 nitrogen and oxygen atoms in total. The number of anilines is 1. The molecule has 1 rings (SSSR count). The van der Waals surface area contributed by atoms with Crippen molar-refractivity contribution >= 4 is 5.82 Å². The largest absolute Gasteiger partial charge is 0.355 e. The van der Waals surface area contributed by atoms with Crippen molar-refractivity contribution in [2.75, 3.05) is 18.0 Å². The molecule has 86 valence electrons. The van der Waals surface area contributed by atoms with E-state index in [0.717, 1.165) is 37.3 Å². The molecule has 0 aliphatic heterocycles. The maximum atomic E-state index is 5.71. The normalized spacial score (nSPS) is 10.7. The number of hydrogen-bond donors (Lipinski definition) is 1. The summed E-state index contributed by atoms with van der Waals surface area (Å²) in [5, 5.41) is 4.48. The Morgan fingerprint density at radius 3 is 2.40 bits per heavy atom. The van der Waals surface area contributed by atoms with Crippen LogP contribution in [0.25, 0.3) is 0 Å². The fourth-order valence-corrected chi connectivity index (χ4v) is 1.80. The van der Waals surface area contributed by atoms with Gasteiger partial charge in [-0.25, -0.2) is 0 Å². The van der Waals surface area contributed by atoms with Crippen molar-refractivity contribution in [2.24, 2.45) is 12.8 Å². The van der Waals surface area contributed by atoms with Crippen LogP contribution in [-0.2, 0) is 13.6 Å². The van der Waals surface area contributed by atoms with Gasteiger partial charge in [-0.2, -0.15) is 5.10 Å². The summed E-state index contributed by atoms with van der Waals surface area (Å²) in [6.45, 7) is 7.05. The standard InChI is InChI=1S/C11H22N4/c1-4-6-15(7-5-2)11-10(8-12)9-14(3)13-11/h9H,4-8,12H2,1-3H3. The average Bonchev–Trinajstić information content (AvgIpc) is 2.59. The van der Waals surface area contributed by atoms with Crippen LogP contribution in [0.2, 0.25) is 0 Å². The minimum atomic E-state index is 0.563. The average molecular weight is 210 g/mol. The van der Waals surface area contributed by atoms with Gasteiger partial charge >= 0.3 is 0 Å². The lowest BCUT2D eigenvalue weighted by Crippen LogP contribution is -2.26. The van der Waals surface area contributed by atoms with Gasteiger partial charge in [0.2, 0.25) is 0 Å². The number of rotatable bonds is 6. The molecule has 0 unspecified atom stereocenters. The van der Waals surface area contributed by atoms with Gasteiger partial charge in [0, 0.05) is 38.4 Å². The zero-order chi connectivity index (χ0) is 11.3. The molecule has 0 atom stereocenters. The van der Waals surface area contributed by atoms with Gasteiger partial charge in [0.15, 0.2) is 5.82 Å². The molecule has 0 fully saturated rings. The minimum Gasteiger partial charge on any atom is -0.355 e. The van der Waals surface area contributed by atoms with Crippen LogP contribution in [0.1, 0.15) is 32.3 Å². The number of aromatic nitrogens is 2. The fraction of sp³-hybridized carbons (Fsp3) is 0.727. The van der Waals surface area contributed by atoms with Crippen molar-refractivity contribution in [3.05, 3.63) is 11.8 Å². The van der Waals surface area contributed by atoms with Crippen molar-refractivity contribution < 1.29 is 0 Å². The Balaban J connectivity index is 2.87. The summed E-state index contributed by atoms with van der Waals surface area (Å²) < 4.78 is 1.84. The van der Waals surface area contributed by atoms with Crippen molar-refractivity contribution in [3.63, 3.8) is 0 Å². The summed E-state index contributed by atoms with van der Waals surface area (Å²) in [6, 6.07) is 0. The van der Waals surface area contributed by atoms with E-state index < -0.39 is 0 Å². The summed E-state index contributed by atoms with van der Waals surface area (Å²) in [7, 11) is 1.94. The van der Waals surface area contributed by atoms with E-state index in [9.17, 15) is 0 Å². The van der Waals surface area contributed by atoms with Gasteiger partial charge in [-0.05, 0) is 12.8 Å². The van der Waals surface area contributed by atoms with Crippen LogP contribution in [0.5, 0.6) is 0 Å². The van der Waals surface area contributed by atoms with E-state index in [4.69, 9.17) is 5.73 Å². The van der Waals surface area contributed by atoms with E-state index in [0.29, 0.717) is 6.54 Å². The molecule has 15 heavy (non-hydrogen) atoms.